The maximum absolute atomic E-state index is 12.5. The van der Waals surface area contributed by atoms with E-state index in [0.717, 1.165) is 29.2 Å². The Morgan fingerprint density at radius 1 is 1.16 bits per heavy atom. The highest BCUT2D eigenvalue weighted by atomic mass is 32.2. The van der Waals surface area contributed by atoms with Gasteiger partial charge in [0.15, 0.2) is 11.7 Å². The third-order valence-electron chi connectivity index (χ3n) is 4.38. The molecular weight excluding hydrogens is 356 g/mol. The van der Waals surface area contributed by atoms with Crippen molar-refractivity contribution < 1.29 is 12.8 Å². The summed E-state index contributed by atoms with van der Waals surface area (Å²) in [5.74, 6) is 1.82. The number of thiophene rings is 1. The molecule has 4 rings (SSSR count). The van der Waals surface area contributed by atoms with Crippen LogP contribution < -0.4 is 4.72 Å². The summed E-state index contributed by atoms with van der Waals surface area (Å²) in [5.41, 5.74) is 0.920. The highest BCUT2D eigenvalue weighted by molar-refractivity contribution is 7.91. The third kappa shape index (κ3) is 3.53. The van der Waals surface area contributed by atoms with Gasteiger partial charge in [-0.15, -0.1) is 11.3 Å². The van der Waals surface area contributed by atoms with Gasteiger partial charge in [0, 0.05) is 12.5 Å². The molecule has 2 aromatic heterocycles. The Bertz CT molecular complexity index is 957. The summed E-state index contributed by atoms with van der Waals surface area (Å²) in [4.78, 5) is 5.11. The van der Waals surface area contributed by atoms with E-state index < -0.39 is 10.0 Å². The molecule has 0 amide bonds. The maximum Gasteiger partial charge on any atom is 0.250 e. The molecule has 3 aromatic rings. The predicted molar refractivity (Wildman–Crippen MR) is 96.9 cm³/mol. The van der Waals surface area contributed by atoms with Crippen LogP contribution in [-0.4, -0.2) is 13.4 Å². The minimum Gasteiger partial charge on any atom is -0.440 e. The number of nitrogens with zero attached hydrogens (tertiary/aromatic N) is 1. The zero-order valence-electron chi connectivity index (χ0n) is 13.5. The first-order chi connectivity index (χ1) is 12.1. The minimum absolute atomic E-state index is 0.268. The molecule has 0 aliphatic heterocycles. The number of hydrogen-bond acceptors (Lipinski definition) is 5. The molecule has 0 saturated heterocycles. The van der Waals surface area contributed by atoms with Gasteiger partial charge in [0.1, 0.15) is 4.21 Å². The first-order valence-corrected chi connectivity index (χ1v) is 10.5. The van der Waals surface area contributed by atoms with Crippen molar-refractivity contribution in [2.24, 2.45) is 0 Å². The van der Waals surface area contributed by atoms with Crippen molar-refractivity contribution in [1.82, 2.24) is 9.71 Å². The molecule has 0 unspecified atom stereocenters. The predicted octanol–water partition coefficient (Wildman–Crippen LogP) is 4.15. The Morgan fingerprint density at radius 3 is 2.68 bits per heavy atom. The molecule has 1 fully saturated rings. The molecule has 1 N–H and O–H groups in total. The van der Waals surface area contributed by atoms with Crippen molar-refractivity contribution in [2.75, 3.05) is 0 Å². The van der Waals surface area contributed by atoms with E-state index in [1.165, 1.54) is 17.8 Å². The molecule has 1 saturated carbocycles. The number of hydrogen-bond donors (Lipinski definition) is 1. The van der Waals surface area contributed by atoms with Crippen molar-refractivity contribution >= 4 is 21.4 Å². The first kappa shape index (κ1) is 16.5. The lowest BCUT2D eigenvalue weighted by Gasteiger charge is -2.21. The molecule has 1 aliphatic rings. The van der Waals surface area contributed by atoms with Gasteiger partial charge in [0.25, 0.3) is 0 Å². The fraction of sp³-hybridized carbons (Fsp3) is 0.278. The summed E-state index contributed by atoms with van der Waals surface area (Å²) in [6, 6.07) is 12.8. The van der Waals surface area contributed by atoms with Crippen molar-refractivity contribution in [3.63, 3.8) is 0 Å². The van der Waals surface area contributed by atoms with E-state index in [2.05, 4.69) is 9.71 Å². The van der Waals surface area contributed by atoms with Gasteiger partial charge in [-0.25, -0.2) is 18.1 Å². The van der Waals surface area contributed by atoms with Gasteiger partial charge in [-0.05, 0) is 30.5 Å². The lowest BCUT2D eigenvalue weighted by atomic mass is 9.85. The zero-order chi connectivity index (χ0) is 17.3. The van der Waals surface area contributed by atoms with E-state index in [4.69, 9.17) is 4.42 Å². The Labute approximate surface area is 150 Å². The average molecular weight is 374 g/mol. The molecule has 0 spiro atoms. The van der Waals surface area contributed by atoms with Crippen LogP contribution in [0.2, 0.25) is 0 Å². The SMILES string of the molecule is O=S(=O)(NCc1ccccc1)c1ccc(-c2cnc(C3CCC3)o2)s1. The van der Waals surface area contributed by atoms with Crippen LogP contribution in [0, 0.1) is 0 Å². The Hall–Kier alpha value is -1.96. The number of aromatic nitrogens is 1. The van der Waals surface area contributed by atoms with Crippen LogP contribution in [-0.2, 0) is 16.6 Å². The van der Waals surface area contributed by atoms with Gasteiger partial charge in [-0.1, -0.05) is 36.8 Å². The first-order valence-electron chi connectivity index (χ1n) is 8.21. The summed E-state index contributed by atoms with van der Waals surface area (Å²) >= 11 is 1.19. The van der Waals surface area contributed by atoms with Crippen LogP contribution in [0.15, 0.2) is 57.3 Å². The standard InChI is InChI=1S/C18H18N2O3S2/c21-25(22,20-11-13-5-2-1-3-6-13)17-10-9-16(24-17)15-12-19-18(23-15)14-7-4-8-14/h1-3,5-6,9-10,12,14,20H,4,7-8,11H2. The van der Waals surface area contributed by atoms with Crippen LogP contribution in [0.4, 0.5) is 0 Å². The van der Waals surface area contributed by atoms with Crippen molar-refractivity contribution in [1.29, 1.82) is 0 Å². The number of benzene rings is 1. The number of nitrogens with one attached hydrogen (secondary N) is 1. The lowest BCUT2D eigenvalue weighted by molar-refractivity contribution is 0.338. The molecule has 130 valence electrons. The van der Waals surface area contributed by atoms with Gasteiger partial charge in [-0.2, -0.15) is 0 Å². The van der Waals surface area contributed by atoms with Crippen molar-refractivity contribution in [3.05, 3.63) is 60.1 Å². The van der Waals surface area contributed by atoms with Gasteiger partial charge in [0.05, 0.1) is 11.1 Å². The molecule has 25 heavy (non-hydrogen) atoms. The third-order valence-corrected chi connectivity index (χ3v) is 7.37. The molecule has 1 aromatic carbocycles. The second-order valence-electron chi connectivity index (χ2n) is 6.12. The van der Waals surface area contributed by atoms with Crippen LogP contribution in [0.3, 0.4) is 0 Å². The number of rotatable bonds is 6. The highest BCUT2D eigenvalue weighted by Gasteiger charge is 2.25. The van der Waals surface area contributed by atoms with Crippen molar-refractivity contribution in [2.45, 2.75) is 35.9 Å². The summed E-state index contributed by atoms with van der Waals surface area (Å²) in [6.07, 6.45) is 5.14. The second kappa shape index (κ2) is 6.74. The van der Waals surface area contributed by atoms with Crippen LogP contribution in [0.1, 0.15) is 36.6 Å². The summed E-state index contributed by atoms with van der Waals surface area (Å²) in [6.45, 7) is 0.268. The normalized spacial score (nSPS) is 15.2. The smallest absolute Gasteiger partial charge is 0.250 e. The highest BCUT2D eigenvalue weighted by Crippen LogP contribution is 2.38. The molecule has 5 nitrogen and oxygen atoms in total. The van der Waals surface area contributed by atoms with Crippen LogP contribution in [0.25, 0.3) is 10.6 Å². The maximum atomic E-state index is 12.5. The summed E-state index contributed by atoms with van der Waals surface area (Å²) in [5, 5.41) is 0. The molecular formula is C18H18N2O3S2. The molecule has 1 aliphatic carbocycles. The van der Waals surface area contributed by atoms with Gasteiger partial charge in [0.2, 0.25) is 10.0 Å². The van der Waals surface area contributed by atoms with E-state index >= 15 is 0 Å². The van der Waals surface area contributed by atoms with E-state index in [1.54, 1.807) is 18.3 Å². The minimum atomic E-state index is -3.54. The monoisotopic (exact) mass is 374 g/mol. The second-order valence-corrected chi connectivity index (χ2v) is 9.20. The summed E-state index contributed by atoms with van der Waals surface area (Å²) < 4.78 is 33.7. The molecule has 7 heteroatoms. The largest absolute Gasteiger partial charge is 0.440 e. The van der Waals surface area contributed by atoms with E-state index in [-0.39, 0.29) is 10.8 Å². The fourth-order valence-electron chi connectivity index (χ4n) is 2.69. The molecule has 2 heterocycles. The topological polar surface area (TPSA) is 72.2 Å². The fourth-order valence-corrected chi connectivity index (χ4v) is 5.00. The van der Waals surface area contributed by atoms with Crippen LogP contribution in [0.5, 0.6) is 0 Å². The quantitative estimate of drug-likeness (QED) is 0.703. The van der Waals surface area contributed by atoms with E-state index in [1.807, 2.05) is 30.3 Å². The number of oxazole rings is 1. The van der Waals surface area contributed by atoms with Crippen molar-refractivity contribution in [3.8, 4) is 10.6 Å². The number of sulfonamides is 1. The average Bonchev–Trinajstić information content (AvgIpc) is 3.22. The Kier molecular flexibility index (Phi) is 4.45. The molecule has 0 bridgehead atoms. The Balaban J connectivity index is 1.48. The van der Waals surface area contributed by atoms with E-state index in [9.17, 15) is 8.42 Å². The van der Waals surface area contributed by atoms with Gasteiger partial charge in [-0.3, -0.25) is 0 Å². The zero-order valence-corrected chi connectivity index (χ0v) is 15.1. The molecule has 0 radical (unpaired) electrons. The van der Waals surface area contributed by atoms with Gasteiger partial charge >= 0.3 is 0 Å². The molecule has 0 atom stereocenters. The Morgan fingerprint density at radius 2 is 1.96 bits per heavy atom. The van der Waals surface area contributed by atoms with E-state index in [0.29, 0.717) is 11.7 Å². The van der Waals surface area contributed by atoms with Crippen LogP contribution >= 0.6 is 11.3 Å². The summed E-state index contributed by atoms with van der Waals surface area (Å²) in [7, 11) is -3.54. The lowest BCUT2D eigenvalue weighted by Crippen LogP contribution is -2.22. The van der Waals surface area contributed by atoms with Gasteiger partial charge < -0.3 is 4.42 Å².